The lowest BCUT2D eigenvalue weighted by Gasteiger charge is -2.17. The summed E-state index contributed by atoms with van der Waals surface area (Å²) in [4.78, 5) is 12.5. The monoisotopic (exact) mass is 395 g/mol. The van der Waals surface area contributed by atoms with Gasteiger partial charge in [-0.25, -0.2) is 17.1 Å². The van der Waals surface area contributed by atoms with Gasteiger partial charge in [0.25, 0.3) is 5.91 Å². The van der Waals surface area contributed by atoms with Crippen molar-refractivity contribution in [2.75, 3.05) is 25.9 Å². The van der Waals surface area contributed by atoms with E-state index >= 15 is 0 Å². The summed E-state index contributed by atoms with van der Waals surface area (Å²) in [6.07, 6.45) is 1.71. The number of aromatic nitrogens is 1. The average molecular weight is 396 g/mol. The Morgan fingerprint density at radius 3 is 2.41 bits per heavy atom. The molecular weight excluding hydrogens is 369 g/mol. The van der Waals surface area contributed by atoms with Crippen LogP contribution in [0.15, 0.2) is 30.3 Å². The van der Waals surface area contributed by atoms with E-state index in [2.05, 4.69) is 5.32 Å². The first-order chi connectivity index (χ1) is 12.6. The van der Waals surface area contributed by atoms with Crippen molar-refractivity contribution in [3.63, 3.8) is 0 Å². The molecule has 1 aromatic carbocycles. The summed E-state index contributed by atoms with van der Waals surface area (Å²) >= 11 is 0. The molecule has 148 valence electrons. The first-order valence-corrected chi connectivity index (χ1v) is 10.7. The molecule has 0 radical (unpaired) electrons. The van der Waals surface area contributed by atoms with Gasteiger partial charge in [0.05, 0.1) is 11.8 Å². The fourth-order valence-corrected chi connectivity index (χ4v) is 4.02. The third-order valence-corrected chi connectivity index (χ3v) is 5.83. The van der Waals surface area contributed by atoms with E-state index < -0.39 is 10.0 Å². The lowest BCUT2D eigenvalue weighted by atomic mass is 10.2. The van der Waals surface area contributed by atoms with Crippen molar-refractivity contribution in [3.05, 3.63) is 53.1 Å². The van der Waals surface area contributed by atoms with Crippen LogP contribution in [0, 0.1) is 19.7 Å². The van der Waals surface area contributed by atoms with Gasteiger partial charge in [0, 0.05) is 36.7 Å². The van der Waals surface area contributed by atoms with Gasteiger partial charge in [0.2, 0.25) is 10.0 Å². The standard InChI is InChI=1S/C19H26FN3O3S/c1-5-22(27(4,25)26)12-6-11-21-19(24)18-13-14(2)23(15(18)3)17-9-7-16(20)8-10-17/h7-10,13H,5-6,11-12H2,1-4H3,(H,21,24). The zero-order valence-corrected chi connectivity index (χ0v) is 16.9. The van der Waals surface area contributed by atoms with Gasteiger partial charge < -0.3 is 9.88 Å². The second-order valence-electron chi connectivity index (χ2n) is 6.46. The number of nitrogens with one attached hydrogen (secondary N) is 1. The van der Waals surface area contributed by atoms with Crippen molar-refractivity contribution in [1.82, 2.24) is 14.2 Å². The van der Waals surface area contributed by atoms with Crippen molar-refractivity contribution in [2.45, 2.75) is 27.2 Å². The molecule has 0 fully saturated rings. The molecule has 0 bridgehead atoms. The van der Waals surface area contributed by atoms with Crippen molar-refractivity contribution in [1.29, 1.82) is 0 Å². The van der Waals surface area contributed by atoms with E-state index in [1.807, 2.05) is 18.4 Å². The largest absolute Gasteiger partial charge is 0.352 e. The molecule has 0 saturated carbocycles. The van der Waals surface area contributed by atoms with Crippen LogP contribution in [0.3, 0.4) is 0 Å². The molecule has 8 heteroatoms. The SMILES string of the molecule is CCN(CCCNC(=O)c1cc(C)n(-c2ccc(F)cc2)c1C)S(C)(=O)=O. The molecule has 0 aliphatic heterocycles. The van der Waals surface area contributed by atoms with Crippen LogP contribution in [-0.4, -0.2) is 49.1 Å². The van der Waals surface area contributed by atoms with E-state index in [1.165, 1.54) is 22.7 Å². The number of halogens is 1. The Labute approximate surface area is 160 Å². The smallest absolute Gasteiger partial charge is 0.253 e. The third-order valence-electron chi connectivity index (χ3n) is 4.45. The summed E-state index contributed by atoms with van der Waals surface area (Å²) in [7, 11) is -3.22. The number of hydrogen-bond donors (Lipinski definition) is 1. The van der Waals surface area contributed by atoms with E-state index in [0.29, 0.717) is 31.6 Å². The minimum absolute atomic E-state index is 0.209. The molecule has 0 atom stereocenters. The van der Waals surface area contributed by atoms with E-state index in [9.17, 15) is 17.6 Å². The van der Waals surface area contributed by atoms with Crippen molar-refractivity contribution < 1.29 is 17.6 Å². The third kappa shape index (κ3) is 5.17. The van der Waals surface area contributed by atoms with Crippen molar-refractivity contribution in [2.24, 2.45) is 0 Å². The van der Waals surface area contributed by atoms with Crippen molar-refractivity contribution >= 4 is 15.9 Å². The zero-order valence-electron chi connectivity index (χ0n) is 16.1. The van der Waals surface area contributed by atoms with Gasteiger partial charge in [-0.3, -0.25) is 4.79 Å². The molecule has 0 aliphatic carbocycles. The molecule has 0 spiro atoms. The average Bonchev–Trinajstić information content (AvgIpc) is 2.89. The van der Waals surface area contributed by atoms with E-state index in [4.69, 9.17) is 0 Å². The number of carbonyl (C=O) groups excluding carboxylic acids is 1. The molecule has 0 unspecified atom stereocenters. The highest BCUT2D eigenvalue weighted by Gasteiger charge is 2.17. The van der Waals surface area contributed by atoms with Crippen LogP contribution in [0.25, 0.3) is 5.69 Å². The Balaban J connectivity index is 2.03. The number of benzene rings is 1. The normalized spacial score (nSPS) is 11.8. The molecule has 6 nitrogen and oxygen atoms in total. The highest BCUT2D eigenvalue weighted by molar-refractivity contribution is 7.88. The molecule has 0 aliphatic rings. The molecule has 1 heterocycles. The summed E-state index contributed by atoms with van der Waals surface area (Å²) in [5, 5.41) is 2.84. The number of nitrogens with zero attached hydrogens (tertiary/aromatic N) is 2. The van der Waals surface area contributed by atoms with Crippen LogP contribution in [0.1, 0.15) is 35.1 Å². The van der Waals surface area contributed by atoms with Crippen LogP contribution in [0.2, 0.25) is 0 Å². The summed E-state index contributed by atoms with van der Waals surface area (Å²) in [5.74, 6) is -0.520. The molecule has 27 heavy (non-hydrogen) atoms. The second-order valence-corrected chi connectivity index (χ2v) is 8.44. The Kier molecular flexibility index (Phi) is 6.78. The van der Waals surface area contributed by atoms with Crippen LogP contribution in [-0.2, 0) is 10.0 Å². The highest BCUT2D eigenvalue weighted by Crippen LogP contribution is 2.21. The Hall–Kier alpha value is -2.19. The van der Waals surface area contributed by atoms with E-state index in [-0.39, 0.29) is 11.7 Å². The van der Waals surface area contributed by atoms with Gasteiger partial charge in [-0.1, -0.05) is 6.92 Å². The fourth-order valence-electron chi connectivity index (χ4n) is 3.09. The topological polar surface area (TPSA) is 71.4 Å². The summed E-state index contributed by atoms with van der Waals surface area (Å²) in [6, 6.07) is 7.90. The van der Waals surface area contributed by atoms with Gasteiger partial charge >= 0.3 is 0 Å². The van der Waals surface area contributed by atoms with E-state index in [0.717, 1.165) is 17.1 Å². The van der Waals surface area contributed by atoms with Crippen LogP contribution in [0.5, 0.6) is 0 Å². The maximum absolute atomic E-state index is 13.2. The number of hydrogen-bond acceptors (Lipinski definition) is 3. The molecule has 2 rings (SSSR count). The van der Waals surface area contributed by atoms with Gasteiger partial charge in [-0.05, 0) is 50.6 Å². The lowest BCUT2D eigenvalue weighted by molar-refractivity contribution is 0.0952. The predicted octanol–water partition coefficient (Wildman–Crippen LogP) is 2.63. The first kappa shape index (κ1) is 21.1. The first-order valence-electron chi connectivity index (χ1n) is 8.83. The second kappa shape index (κ2) is 8.67. The fraction of sp³-hybridized carbons (Fsp3) is 0.421. The number of rotatable bonds is 8. The maximum Gasteiger partial charge on any atom is 0.253 e. The van der Waals surface area contributed by atoms with Gasteiger partial charge in [0.1, 0.15) is 5.82 Å². The zero-order chi connectivity index (χ0) is 20.2. The molecule has 0 saturated heterocycles. The van der Waals surface area contributed by atoms with Crippen molar-refractivity contribution in [3.8, 4) is 5.69 Å². The van der Waals surface area contributed by atoms with E-state index in [1.54, 1.807) is 25.1 Å². The molecular formula is C19H26FN3O3S. The quantitative estimate of drug-likeness (QED) is 0.699. The molecule has 1 N–H and O–H groups in total. The minimum Gasteiger partial charge on any atom is -0.352 e. The summed E-state index contributed by atoms with van der Waals surface area (Å²) in [6.45, 7) is 6.66. The predicted molar refractivity (Wildman–Crippen MR) is 104 cm³/mol. The van der Waals surface area contributed by atoms with Gasteiger partial charge in [-0.2, -0.15) is 0 Å². The Morgan fingerprint density at radius 2 is 1.85 bits per heavy atom. The van der Waals surface area contributed by atoms with Crippen LogP contribution in [0.4, 0.5) is 4.39 Å². The van der Waals surface area contributed by atoms with Crippen LogP contribution < -0.4 is 5.32 Å². The lowest BCUT2D eigenvalue weighted by Crippen LogP contribution is -2.33. The Morgan fingerprint density at radius 1 is 1.22 bits per heavy atom. The Bertz CT molecular complexity index is 905. The molecule has 1 amide bonds. The van der Waals surface area contributed by atoms with Crippen LogP contribution >= 0.6 is 0 Å². The number of amides is 1. The number of sulfonamides is 1. The minimum atomic E-state index is -3.22. The van der Waals surface area contributed by atoms with Gasteiger partial charge in [-0.15, -0.1) is 0 Å². The van der Waals surface area contributed by atoms with Gasteiger partial charge in [0.15, 0.2) is 0 Å². The molecule has 2 aromatic rings. The summed E-state index contributed by atoms with van der Waals surface area (Å²) < 4.78 is 39.6. The summed E-state index contributed by atoms with van der Waals surface area (Å²) in [5.41, 5.74) is 2.98. The highest BCUT2D eigenvalue weighted by atomic mass is 32.2. The maximum atomic E-state index is 13.2. The number of aryl methyl sites for hydroxylation is 1. The molecule has 1 aromatic heterocycles. The number of carbonyl (C=O) groups is 1.